The van der Waals surface area contributed by atoms with Crippen molar-refractivity contribution in [3.8, 4) is 0 Å². The van der Waals surface area contributed by atoms with Crippen molar-refractivity contribution in [3.63, 3.8) is 0 Å². The van der Waals surface area contributed by atoms with E-state index >= 15 is 0 Å². The fraction of sp³-hybridized carbons (Fsp3) is 0.875. The molecule has 0 aromatic heterocycles. The molecule has 0 aliphatic heterocycles. The van der Waals surface area contributed by atoms with Gasteiger partial charge in [0.25, 0.3) is 0 Å². The van der Waals surface area contributed by atoms with Gasteiger partial charge in [-0.15, -0.1) is 0 Å². The molecule has 1 aliphatic carbocycles. The molecule has 0 radical (unpaired) electrons. The van der Waals surface area contributed by atoms with Crippen molar-refractivity contribution < 1.29 is 4.79 Å². The van der Waals surface area contributed by atoms with Gasteiger partial charge >= 0.3 is 0 Å². The molecule has 1 fully saturated rings. The highest BCUT2D eigenvalue weighted by Crippen LogP contribution is 2.36. The maximum Gasteiger partial charge on any atom is 0.233 e. The summed E-state index contributed by atoms with van der Waals surface area (Å²) in [5, 5.41) is 3.15. The van der Waals surface area contributed by atoms with Crippen molar-refractivity contribution >= 4 is 23.1 Å². The molecule has 1 amide bonds. The average molecular weight is 298 g/mol. The van der Waals surface area contributed by atoms with Gasteiger partial charge in [-0.05, 0) is 38.5 Å². The highest BCUT2D eigenvalue weighted by atomic mass is 32.1. The number of hydrogen-bond donors (Lipinski definition) is 2. The lowest BCUT2D eigenvalue weighted by molar-refractivity contribution is -0.128. The predicted molar refractivity (Wildman–Crippen MR) is 88.6 cm³/mol. The molecule has 0 heterocycles. The van der Waals surface area contributed by atoms with E-state index in [1.165, 1.54) is 12.8 Å². The standard InChI is InChI=1S/C16H30N2OS/c1-12(2)8-9-13(3)18-15(19)16(14(17)20)10-6-4-5-7-11-16/h12-13H,4-11H2,1-3H3,(H2,17,20)(H,18,19). The zero-order valence-corrected chi connectivity index (χ0v) is 14.0. The largest absolute Gasteiger partial charge is 0.392 e. The molecule has 0 bridgehead atoms. The van der Waals surface area contributed by atoms with Gasteiger partial charge in [0.1, 0.15) is 0 Å². The average Bonchev–Trinajstić information content (AvgIpc) is 2.62. The van der Waals surface area contributed by atoms with Crippen LogP contribution in [-0.4, -0.2) is 16.9 Å². The van der Waals surface area contributed by atoms with E-state index in [0.29, 0.717) is 10.9 Å². The van der Waals surface area contributed by atoms with Crippen molar-refractivity contribution in [3.05, 3.63) is 0 Å². The molecule has 3 nitrogen and oxygen atoms in total. The van der Waals surface area contributed by atoms with Crippen LogP contribution in [0.5, 0.6) is 0 Å². The molecular formula is C16H30N2OS. The van der Waals surface area contributed by atoms with Crippen LogP contribution in [0.2, 0.25) is 0 Å². The Morgan fingerprint density at radius 2 is 1.70 bits per heavy atom. The normalized spacial score (nSPS) is 20.2. The third-order valence-corrected chi connectivity index (χ3v) is 4.81. The zero-order valence-electron chi connectivity index (χ0n) is 13.2. The molecule has 0 aromatic rings. The number of carbonyl (C=O) groups excluding carboxylic acids is 1. The van der Waals surface area contributed by atoms with E-state index in [1.807, 2.05) is 0 Å². The molecule has 20 heavy (non-hydrogen) atoms. The maximum atomic E-state index is 12.7. The Hall–Kier alpha value is -0.640. The topological polar surface area (TPSA) is 55.1 Å². The summed E-state index contributed by atoms with van der Waals surface area (Å²) in [6.45, 7) is 6.48. The molecule has 1 unspecified atom stereocenters. The van der Waals surface area contributed by atoms with Crippen molar-refractivity contribution in [2.45, 2.75) is 78.2 Å². The van der Waals surface area contributed by atoms with Gasteiger partial charge in [-0.3, -0.25) is 4.79 Å². The minimum absolute atomic E-state index is 0.0585. The van der Waals surface area contributed by atoms with Crippen LogP contribution in [-0.2, 0) is 4.79 Å². The van der Waals surface area contributed by atoms with Crippen molar-refractivity contribution in [2.75, 3.05) is 0 Å². The Morgan fingerprint density at radius 3 is 2.15 bits per heavy atom. The molecule has 0 spiro atoms. The maximum absolute atomic E-state index is 12.7. The minimum atomic E-state index is -0.599. The molecule has 1 saturated carbocycles. The van der Waals surface area contributed by atoms with Gasteiger partial charge in [0.15, 0.2) is 0 Å². The van der Waals surface area contributed by atoms with Crippen LogP contribution in [0.4, 0.5) is 0 Å². The lowest BCUT2D eigenvalue weighted by Gasteiger charge is -2.31. The van der Waals surface area contributed by atoms with Crippen LogP contribution in [0.3, 0.4) is 0 Å². The molecule has 0 aromatic carbocycles. The summed E-state index contributed by atoms with van der Waals surface area (Å²) in [7, 11) is 0. The predicted octanol–water partition coefficient (Wildman–Crippen LogP) is 3.55. The first-order valence-electron chi connectivity index (χ1n) is 7.99. The summed E-state index contributed by atoms with van der Waals surface area (Å²) in [5.74, 6) is 0.722. The number of nitrogens with two attached hydrogens (primary N) is 1. The van der Waals surface area contributed by atoms with Crippen LogP contribution in [0, 0.1) is 11.3 Å². The third-order valence-electron chi connectivity index (χ3n) is 4.42. The fourth-order valence-corrected chi connectivity index (χ4v) is 3.23. The molecule has 116 valence electrons. The second-order valence-corrected chi connectivity index (χ2v) is 7.15. The molecule has 0 saturated heterocycles. The first-order valence-corrected chi connectivity index (χ1v) is 8.40. The Balaban J connectivity index is 2.66. The number of amides is 1. The quantitative estimate of drug-likeness (QED) is 0.582. The number of nitrogens with one attached hydrogen (secondary N) is 1. The first kappa shape index (κ1) is 17.4. The number of thiocarbonyl (C=S) groups is 1. The molecule has 4 heteroatoms. The third kappa shape index (κ3) is 4.72. The van der Waals surface area contributed by atoms with Gasteiger partial charge in [0.05, 0.1) is 10.4 Å². The summed E-state index contributed by atoms with van der Waals surface area (Å²) in [6, 6.07) is 0.194. The van der Waals surface area contributed by atoms with E-state index in [2.05, 4.69) is 26.1 Å². The van der Waals surface area contributed by atoms with Crippen molar-refractivity contribution in [1.82, 2.24) is 5.32 Å². The number of rotatable bonds is 6. The van der Waals surface area contributed by atoms with Crippen molar-refractivity contribution in [1.29, 1.82) is 0 Å². The Labute approximate surface area is 129 Å². The van der Waals surface area contributed by atoms with Gasteiger partial charge in [-0.25, -0.2) is 0 Å². The molecule has 3 N–H and O–H groups in total. The summed E-state index contributed by atoms with van der Waals surface area (Å²) in [5.41, 5.74) is 5.34. The smallest absolute Gasteiger partial charge is 0.233 e. The highest BCUT2D eigenvalue weighted by molar-refractivity contribution is 7.80. The second-order valence-electron chi connectivity index (χ2n) is 6.71. The Kier molecular flexibility index (Phi) is 6.93. The Bertz CT molecular complexity index is 333. The number of carbonyl (C=O) groups is 1. The van der Waals surface area contributed by atoms with E-state index in [1.54, 1.807) is 0 Å². The van der Waals surface area contributed by atoms with Crippen LogP contribution in [0.15, 0.2) is 0 Å². The minimum Gasteiger partial charge on any atom is -0.392 e. The summed E-state index contributed by atoms with van der Waals surface area (Å²) in [4.78, 5) is 13.1. The van der Waals surface area contributed by atoms with Crippen LogP contribution >= 0.6 is 12.2 Å². The van der Waals surface area contributed by atoms with E-state index < -0.39 is 5.41 Å². The van der Waals surface area contributed by atoms with E-state index in [-0.39, 0.29) is 11.9 Å². The SMILES string of the molecule is CC(C)CCC(C)NC(=O)C1(C(N)=S)CCCCCC1. The zero-order chi connectivity index (χ0) is 15.2. The van der Waals surface area contributed by atoms with Gasteiger partial charge in [-0.1, -0.05) is 51.7 Å². The van der Waals surface area contributed by atoms with E-state index in [4.69, 9.17) is 18.0 Å². The fourth-order valence-electron chi connectivity index (χ4n) is 2.93. The summed E-state index contributed by atoms with van der Waals surface area (Å²) >= 11 is 5.24. The first-order chi connectivity index (χ1) is 9.38. The highest BCUT2D eigenvalue weighted by Gasteiger charge is 2.41. The molecule has 1 aliphatic rings. The Morgan fingerprint density at radius 1 is 1.15 bits per heavy atom. The van der Waals surface area contributed by atoms with Gasteiger partial charge in [-0.2, -0.15) is 0 Å². The second kappa shape index (κ2) is 7.96. The lowest BCUT2D eigenvalue weighted by atomic mass is 9.79. The van der Waals surface area contributed by atoms with Crippen molar-refractivity contribution in [2.24, 2.45) is 17.1 Å². The van der Waals surface area contributed by atoms with Gasteiger partial charge in [0.2, 0.25) is 5.91 Å². The molecule has 1 rings (SSSR count). The van der Waals surface area contributed by atoms with E-state index in [9.17, 15) is 4.79 Å². The number of hydrogen-bond acceptors (Lipinski definition) is 2. The monoisotopic (exact) mass is 298 g/mol. The van der Waals surface area contributed by atoms with Crippen LogP contribution in [0.1, 0.15) is 72.1 Å². The van der Waals surface area contributed by atoms with Crippen LogP contribution in [0.25, 0.3) is 0 Å². The lowest BCUT2D eigenvalue weighted by Crippen LogP contribution is -2.51. The van der Waals surface area contributed by atoms with Gasteiger partial charge in [0, 0.05) is 6.04 Å². The van der Waals surface area contributed by atoms with E-state index in [0.717, 1.165) is 38.5 Å². The van der Waals surface area contributed by atoms with Crippen LogP contribution < -0.4 is 11.1 Å². The summed E-state index contributed by atoms with van der Waals surface area (Å²) in [6.07, 6.45) is 8.21. The van der Waals surface area contributed by atoms with Gasteiger partial charge < -0.3 is 11.1 Å². The summed E-state index contributed by atoms with van der Waals surface area (Å²) < 4.78 is 0. The molecular weight excluding hydrogens is 268 g/mol. The molecule has 1 atom stereocenters.